The summed E-state index contributed by atoms with van der Waals surface area (Å²) in [7, 11) is 0. The topological polar surface area (TPSA) is 72.5 Å². The molecule has 0 fully saturated rings. The van der Waals surface area contributed by atoms with Gasteiger partial charge in [-0.1, -0.05) is 6.07 Å². The van der Waals surface area contributed by atoms with E-state index in [1.165, 1.54) is 29.5 Å². The van der Waals surface area contributed by atoms with Crippen LogP contribution in [0.15, 0.2) is 40.2 Å². The molecule has 2 rings (SSSR count). The van der Waals surface area contributed by atoms with Gasteiger partial charge in [-0.3, -0.25) is 14.4 Å². The van der Waals surface area contributed by atoms with Crippen molar-refractivity contribution < 1.29 is 23.5 Å². The molecule has 0 aliphatic heterocycles. The number of carbonyl (C=O) groups excluding carboxylic acids is 3. The zero-order chi connectivity index (χ0) is 16.8. The number of ether oxygens (including phenoxy) is 1. The molecule has 0 aliphatic rings. The summed E-state index contributed by atoms with van der Waals surface area (Å²) < 4.78 is 18.6. The number of carbonyl (C=O) groups is 3. The van der Waals surface area contributed by atoms with Gasteiger partial charge in [-0.05, 0) is 46.3 Å². The molecule has 0 bridgehead atoms. The molecule has 1 N–H and O–H groups in total. The lowest BCUT2D eigenvalue weighted by atomic mass is 10.2. The predicted octanol–water partition coefficient (Wildman–Crippen LogP) is 2.81. The van der Waals surface area contributed by atoms with Crippen molar-refractivity contribution in [3.63, 3.8) is 0 Å². The molecule has 2 aromatic rings. The Bertz CT molecular complexity index is 747. The van der Waals surface area contributed by atoms with Gasteiger partial charge < -0.3 is 10.1 Å². The molecule has 0 atom stereocenters. The largest absolute Gasteiger partial charge is 0.456 e. The standard InChI is InChI=1S/C15H11BrFNO4S/c16-13-5-4-12(23-13)11(19)8-22-14(20)7-18-15(21)9-2-1-3-10(17)6-9/h1-6H,7-8H2,(H,18,21). The molecule has 120 valence electrons. The van der Waals surface area contributed by atoms with Gasteiger partial charge in [0.2, 0.25) is 5.78 Å². The molecule has 1 amide bonds. The zero-order valence-electron chi connectivity index (χ0n) is 11.7. The average Bonchev–Trinajstić information content (AvgIpc) is 2.96. The van der Waals surface area contributed by atoms with Crippen LogP contribution in [0.2, 0.25) is 0 Å². The average molecular weight is 400 g/mol. The van der Waals surface area contributed by atoms with Crippen LogP contribution >= 0.6 is 27.3 Å². The number of benzene rings is 1. The number of ketones is 1. The van der Waals surface area contributed by atoms with Crippen molar-refractivity contribution in [2.24, 2.45) is 0 Å². The summed E-state index contributed by atoms with van der Waals surface area (Å²) in [5, 5.41) is 2.30. The van der Waals surface area contributed by atoms with Gasteiger partial charge in [-0.15, -0.1) is 11.3 Å². The Balaban J connectivity index is 1.77. The van der Waals surface area contributed by atoms with Crippen molar-refractivity contribution in [3.05, 3.63) is 56.4 Å². The maximum absolute atomic E-state index is 13.0. The molecule has 23 heavy (non-hydrogen) atoms. The van der Waals surface area contributed by atoms with Gasteiger partial charge in [0.1, 0.15) is 12.4 Å². The maximum Gasteiger partial charge on any atom is 0.325 e. The molecule has 1 aromatic heterocycles. The zero-order valence-corrected chi connectivity index (χ0v) is 14.1. The smallest absolute Gasteiger partial charge is 0.325 e. The van der Waals surface area contributed by atoms with Gasteiger partial charge in [0.05, 0.1) is 8.66 Å². The number of thiophene rings is 1. The first-order valence-electron chi connectivity index (χ1n) is 6.43. The Labute approximate surface area is 143 Å². The Morgan fingerprint density at radius 1 is 1.22 bits per heavy atom. The van der Waals surface area contributed by atoms with Crippen LogP contribution in [0, 0.1) is 5.82 Å². The van der Waals surface area contributed by atoms with Gasteiger partial charge >= 0.3 is 5.97 Å². The number of halogens is 2. The van der Waals surface area contributed by atoms with Crippen LogP contribution in [0.3, 0.4) is 0 Å². The van der Waals surface area contributed by atoms with E-state index in [1.54, 1.807) is 12.1 Å². The fourth-order valence-electron chi connectivity index (χ4n) is 1.62. The van der Waals surface area contributed by atoms with Crippen molar-refractivity contribution in [3.8, 4) is 0 Å². The SMILES string of the molecule is O=C(CNC(=O)c1cccc(F)c1)OCC(=O)c1ccc(Br)s1. The molecule has 0 spiro atoms. The summed E-state index contributed by atoms with van der Waals surface area (Å²) in [5.41, 5.74) is 0.0947. The highest BCUT2D eigenvalue weighted by molar-refractivity contribution is 9.11. The first-order valence-corrected chi connectivity index (χ1v) is 8.04. The van der Waals surface area contributed by atoms with E-state index in [9.17, 15) is 18.8 Å². The molecule has 1 aromatic carbocycles. The van der Waals surface area contributed by atoms with Crippen LogP contribution in [-0.4, -0.2) is 30.8 Å². The van der Waals surface area contributed by atoms with E-state index in [2.05, 4.69) is 21.2 Å². The molecule has 0 radical (unpaired) electrons. The summed E-state index contributed by atoms with van der Waals surface area (Å²) in [6.07, 6.45) is 0. The summed E-state index contributed by atoms with van der Waals surface area (Å²) in [5.74, 6) is -2.23. The fraction of sp³-hybridized carbons (Fsp3) is 0.133. The van der Waals surface area contributed by atoms with E-state index in [-0.39, 0.29) is 11.3 Å². The maximum atomic E-state index is 13.0. The second-order valence-electron chi connectivity index (χ2n) is 4.38. The van der Waals surface area contributed by atoms with Crippen LogP contribution in [-0.2, 0) is 9.53 Å². The molecule has 5 nitrogen and oxygen atoms in total. The first-order chi connectivity index (χ1) is 11.0. The molecule has 0 saturated heterocycles. The van der Waals surface area contributed by atoms with Gasteiger partial charge in [-0.2, -0.15) is 0 Å². The molecule has 1 heterocycles. The van der Waals surface area contributed by atoms with Crippen molar-refractivity contribution >= 4 is 44.9 Å². The lowest BCUT2D eigenvalue weighted by Crippen LogP contribution is -2.31. The summed E-state index contributed by atoms with van der Waals surface area (Å²) in [6, 6.07) is 8.41. The molecule has 0 saturated carbocycles. The first kappa shape index (κ1) is 17.3. The molecule has 8 heteroatoms. The van der Waals surface area contributed by atoms with Gasteiger partial charge in [0.15, 0.2) is 6.61 Å². The van der Waals surface area contributed by atoms with E-state index in [0.29, 0.717) is 4.88 Å². The number of rotatable bonds is 6. The third-order valence-electron chi connectivity index (χ3n) is 2.69. The third kappa shape index (κ3) is 5.26. The van der Waals surface area contributed by atoms with Gasteiger partial charge in [0, 0.05) is 5.56 Å². The van der Waals surface area contributed by atoms with Crippen LogP contribution in [0.5, 0.6) is 0 Å². The minimum atomic E-state index is -0.751. The third-order valence-corrected chi connectivity index (χ3v) is 4.36. The summed E-state index contributed by atoms with van der Waals surface area (Å²) >= 11 is 4.47. The Hall–Kier alpha value is -2.06. The summed E-state index contributed by atoms with van der Waals surface area (Å²) in [4.78, 5) is 35.4. The second kappa shape index (κ2) is 7.98. The number of Topliss-reactive ketones (excluding diaryl/α,β-unsaturated/α-hetero) is 1. The van der Waals surface area contributed by atoms with Gasteiger partial charge in [0.25, 0.3) is 5.91 Å². The molecular formula is C15H11BrFNO4S. The van der Waals surface area contributed by atoms with E-state index in [0.717, 1.165) is 9.85 Å². The number of hydrogen-bond acceptors (Lipinski definition) is 5. The Kier molecular flexibility index (Phi) is 6.00. The van der Waals surface area contributed by atoms with E-state index in [4.69, 9.17) is 4.74 Å². The van der Waals surface area contributed by atoms with Crippen LogP contribution in [0.4, 0.5) is 4.39 Å². The predicted molar refractivity (Wildman–Crippen MR) is 86.0 cm³/mol. The molecular weight excluding hydrogens is 389 g/mol. The van der Waals surface area contributed by atoms with Crippen LogP contribution in [0.1, 0.15) is 20.0 Å². The lowest BCUT2D eigenvalue weighted by Gasteiger charge is -2.06. The number of amides is 1. The minimum Gasteiger partial charge on any atom is -0.456 e. The molecule has 0 unspecified atom stereocenters. The van der Waals surface area contributed by atoms with Gasteiger partial charge in [-0.25, -0.2) is 4.39 Å². The highest BCUT2D eigenvalue weighted by atomic mass is 79.9. The highest BCUT2D eigenvalue weighted by Crippen LogP contribution is 2.22. The van der Waals surface area contributed by atoms with Crippen molar-refractivity contribution in [2.75, 3.05) is 13.2 Å². The van der Waals surface area contributed by atoms with Crippen molar-refractivity contribution in [1.29, 1.82) is 0 Å². The van der Waals surface area contributed by atoms with E-state index in [1.807, 2.05) is 0 Å². The Morgan fingerprint density at radius 3 is 2.65 bits per heavy atom. The quantitative estimate of drug-likeness (QED) is 0.598. The number of hydrogen-bond donors (Lipinski definition) is 1. The van der Waals surface area contributed by atoms with Crippen LogP contribution < -0.4 is 5.32 Å². The van der Waals surface area contributed by atoms with E-state index < -0.39 is 30.8 Å². The summed E-state index contributed by atoms with van der Waals surface area (Å²) in [6.45, 7) is -0.807. The number of esters is 1. The monoisotopic (exact) mass is 399 g/mol. The second-order valence-corrected chi connectivity index (χ2v) is 6.84. The van der Waals surface area contributed by atoms with Crippen molar-refractivity contribution in [1.82, 2.24) is 5.32 Å². The Morgan fingerprint density at radius 2 is 2.00 bits per heavy atom. The number of nitrogens with one attached hydrogen (secondary N) is 1. The molecule has 0 aliphatic carbocycles. The lowest BCUT2D eigenvalue weighted by molar-refractivity contribution is -0.141. The van der Waals surface area contributed by atoms with E-state index >= 15 is 0 Å². The minimum absolute atomic E-state index is 0.0947. The van der Waals surface area contributed by atoms with Crippen molar-refractivity contribution in [2.45, 2.75) is 0 Å². The van der Waals surface area contributed by atoms with Crippen LogP contribution in [0.25, 0.3) is 0 Å². The fourth-order valence-corrected chi connectivity index (χ4v) is 2.93. The highest BCUT2D eigenvalue weighted by Gasteiger charge is 2.13. The normalized spacial score (nSPS) is 10.2.